The van der Waals surface area contributed by atoms with Crippen molar-refractivity contribution in [2.24, 2.45) is 0 Å². The molecule has 2 aromatic rings. The first-order valence-corrected chi connectivity index (χ1v) is 6.69. The lowest BCUT2D eigenvalue weighted by Gasteiger charge is -2.06. The summed E-state index contributed by atoms with van der Waals surface area (Å²) < 4.78 is 3.02. The van der Waals surface area contributed by atoms with E-state index in [1.165, 1.54) is 0 Å². The molecule has 0 spiro atoms. The number of hydrogen-bond donors (Lipinski definition) is 1. The molecule has 1 aromatic carbocycles. The van der Waals surface area contributed by atoms with Gasteiger partial charge in [-0.3, -0.25) is 4.79 Å². The zero-order valence-corrected chi connectivity index (χ0v) is 11.6. The van der Waals surface area contributed by atoms with Crippen LogP contribution in [0.25, 0.3) is 0 Å². The fraction of sp³-hybridized carbons (Fsp3) is 0.214. The zero-order chi connectivity index (χ0) is 12.8. The van der Waals surface area contributed by atoms with Crippen molar-refractivity contribution in [2.75, 3.05) is 6.54 Å². The van der Waals surface area contributed by atoms with Gasteiger partial charge in [-0.1, -0.05) is 22.0 Å². The van der Waals surface area contributed by atoms with E-state index < -0.39 is 0 Å². The number of amides is 1. The highest BCUT2D eigenvalue weighted by atomic mass is 79.9. The van der Waals surface area contributed by atoms with Crippen LogP contribution in [0.1, 0.15) is 16.8 Å². The van der Waals surface area contributed by atoms with Gasteiger partial charge >= 0.3 is 0 Å². The molecule has 18 heavy (non-hydrogen) atoms. The van der Waals surface area contributed by atoms with Crippen molar-refractivity contribution in [2.45, 2.75) is 13.0 Å². The number of benzene rings is 1. The molecule has 4 heteroatoms. The second-order valence-corrected chi connectivity index (χ2v) is 4.96. The van der Waals surface area contributed by atoms with Crippen molar-refractivity contribution >= 4 is 21.8 Å². The van der Waals surface area contributed by atoms with Crippen LogP contribution >= 0.6 is 15.9 Å². The summed E-state index contributed by atoms with van der Waals surface area (Å²) in [6.07, 6.45) is 4.97. The van der Waals surface area contributed by atoms with Crippen LogP contribution in [-0.2, 0) is 6.54 Å². The van der Waals surface area contributed by atoms with Crippen LogP contribution in [0, 0.1) is 0 Å². The molecule has 1 heterocycles. The van der Waals surface area contributed by atoms with Crippen LogP contribution < -0.4 is 5.32 Å². The summed E-state index contributed by atoms with van der Waals surface area (Å²) in [5.41, 5.74) is 0.685. The van der Waals surface area contributed by atoms with Crippen LogP contribution in [0.15, 0.2) is 53.3 Å². The van der Waals surface area contributed by atoms with E-state index >= 15 is 0 Å². The summed E-state index contributed by atoms with van der Waals surface area (Å²) in [5, 5.41) is 2.92. The molecule has 1 aromatic heterocycles. The maximum absolute atomic E-state index is 11.8. The van der Waals surface area contributed by atoms with Crippen LogP contribution in [0.4, 0.5) is 0 Å². The third kappa shape index (κ3) is 3.74. The van der Waals surface area contributed by atoms with E-state index in [9.17, 15) is 4.79 Å². The molecule has 0 fully saturated rings. The van der Waals surface area contributed by atoms with Crippen molar-refractivity contribution in [1.82, 2.24) is 9.88 Å². The number of aryl methyl sites for hydroxylation is 1. The van der Waals surface area contributed by atoms with Gasteiger partial charge in [-0.15, -0.1) is 0 Å². The van der Waals surface area contributed by atoms with Gasteiger partial charge in [-0.25, -0.2) is 0 Å². The minimum atomic E-state index is -0.0243. The van der Waals surface area contributed by atoms with Gasteiger partial charge in [-0.2, -0.15) is 0 Å². The Hall–Kier alpha value is -1.55. The van der Waals surface area contributed by atoms with E-state index in [0.29, 0.717) is 12.1 Å². The minimum Gasteiger partial charge on any atom is -0.354 e. The molecular weight excluding hydrogens is 292 g/mol. The summed E-state index contributed by atoms with van der Waals surface area (Å²) in [7, 11) is 0. The molecule has 0 atom stereocenters. The Kier molecular flexibility index (Phi) is 4.59. The van der Waals surface area contributed by atoms with E-state index in [-0.39, 0.29) is 5.91 Å². The number of carbonyl (C=O) groups is 1. The van der Waals surface area contributed by atoms with Crippen molar-refractivity contribution in [3.63, 3.8) is 0 Å². The Balaban J connectivity index is 1.75. The van der Waals surface area contributed by atoms with Gasteiger partial charge in [0.05, 0.1) is 0 Å². The number of nitrogens with one attached hydrogen (secondary N) is 1. The summed E-state index contributed by atoms with van der Waals surface area (Å²) in [4.78, 5) is 11.8. The topological polar surface area (TPSA) is 34.0 Å². The first-order valence-electron chi connectivity index (χ1n) is 5.90. The largest absolute Gasteiger partial charge is 0.354 e. The lowest BCUT2D eigenvalue weighted by Crippen LogP contribution is -2.25. The first-order chi connectivity index (χ1) is 8.75. The van der Waals surface area contributed by atoms with Gasteiger partial charge in [0, 0.05) is 35.5 Å². The molecule has 3 nitrogen and oxygen atoms in total. The number of rotatable bonds is 5. The quantitative estimate of drug-likeness (QED) is 0.846. The lowest BCUT2D eigenvalue weighted by atomic mass is 10.2. The SMILES string of the molecule is O=C(NCCCn1cccc1)c1cccc(Br)c1. The summed E-state index contributed by atoms with van der Waals surface area (Å²) in [5.74, 6) is -0.0243. The molecule has 2 rings (SSSR count). The molecule has 0 aliphatic heterocycles. The molecular formula is C14H15BrN2O. The highest BCUT2D eigenvalue weighted by Gasteiger charge is 2.04. The van der Waals surface area contributed by atoms with Crippen molar-refractivity contribution in [3.8, 4) is 0 Å². The predicted molar refractivity (Wildman–Crippen MR) is 75.5 cm³/mol. The third-order valence-electron chi connectivity index (χ3n) is 2.63. The molecule has 1 amide bonds. The Morgan fingerprint density at radius 3 is 2.72 bits per heavy atom. The predicted octanol–water partition coefficient (Wildman–Crippen LogP) is 3.07. The Labute approximate surface area is 115 Å². The minimum absolute atomic E-state index is 0.0243. The average Bonchev–Trinajstić information content (AvgIpc) is 2.87. The van der Waals surface area contributed by atoms with Crippen molar-refractivity contribution < 1.29 is 4.79 Å². The van der Waals surface area contributed by atoms with E-state index in [2.05, 4.69) is 25.8 Å². The van der Waals surface area contributed by atoms with Crippen molar-refractivity contribution in [3.05, 3.63) is 58.8 Å². The highest BCUT2D eigenvalue weighted by Crippen LogP contribution is 2.11. The lowest BCUT2D eigenvalue weighted by molar-refractivity contribution is 0.0952. The monoisotopic (exact) mass is 306 g/mol. The van der Waals surface area contributed by atoms with E-state index in [1.807, 2.05) is 48.8 Å². The van der Waals surface area contributed by atoms with Gasteiger partial charge in [0.2, 0.25) is 0 Å². The second-order valence-electron chi connectivity index (χ2n) is 4.04. The second kappa shape index (κ2) is 6.40. The smallest absolute Gasteiger partial charge is 0.251 e. The van der Waals surface area contributed by atoms with Crippen molar-refractivity contribution in [1.29, 1.82) is 0 Å². The maximum atomic E-state index is 11.8. The normalized spacial score (nSPS) is 10.3. The Morgan fingerprint density at radius 2 is 2.00 bits per heavy atom. The van der Waals surface area contributed by atoms with Gasteiger partial charge in [0.15, 0.2) is 0 Å². The van der Waals surface area contributed by atoms with Gasteiger partial charge in [0.25, 0.3) is 5.91 Å². The molecule has 1 N–H and O–H groups in total. The Bertz CT molecular complexity index is 508. The molecule has 0 radical (unpaired) electrons. The summed E-state index contributed by atoms with van der Waals surface area (Å²) in [6, 6.07) is 11.4. The fourth-order valence-electron chi connectivity index (χ4n) is 1.71. The van der Waals surface area contributed by atoms with Crippen LogP contribution in [0.5, 0.6) is 0 Å². The van der Waals surface area contributed by atoms with E-state index in [0.717, 1.165) is 17.4 Å². The molecule has 0 bridgehead atoms. The number of halogens is 1. The number of nitrogens with zero attached hydrogens (tertiary/aromatic N) is 1. The van der Waals surface area contributed by atoms with Gasteiger partial charge in [-0.05, 0) is 36.8 Å². The molecule has 0 unspecified atom stereocenters. The average molecular weight is 307 g/mol. The zero-order valence-electron chi connectivity index (χ0n) is 9.97. The fourth-order valence-corrected chi connectivity index (χ4v) is 2.11. The van der Waals surface area contributed by atoms with E-state index in [1.54, 1.807) is 0 Å². The van der Waals surface area contributed by atoms with Gasteiger partial charge < -0.3 is 9.88 Å². The van der Waals surface area contributed by atoms with Crippen LogP contribution in [0.2, 0.25) is 0 Å². The number of aromatic nitrogens is 1. The Morgan fingerprint density at radius 1 is 1.22 bits per heavy atom. The standard InChI is InChI=1S/C14H15BrN2O/c15-13-6-3-5-12(11-13)14(18)16-7-4-10-17-8-1-2-9-17/h1-3,5-6,8-9,11H,4,7,10H2,(H,16,18). The molecule has 0 aliphatic rings. The van der Waals surface area contributed by atoms with Crippen LogP contribution in [0.3, 0.4) is 0 Å². The number of hydrogen-bond acceptors (Lipinski definition) is 1. The van der Waals surface area contributed by atoms with Crippen LogP contribution in [-0.4, -0.2) is 17.0 Å². The highest BCUT2D eigenvalue weighted by molar-refractivity contribution is 9.10. The molecule has 0 saturated heterocycles. The first kappa shape index (κ1) is 12.9. The maximum Gasteiger partial charge on any atom is 0.251 e. The molecule has 0 aliphatic carbocycles. The van der Waals surface area contributed by atoms with Gasteiger partial charge in [0.1, 0.15) is 0 Å². The number of carbonyl (C=O) groups excluding carboxylic acids is 1. The van der Waals surface area contributed by atoms with E-state index in [4.69, 9.17) is 0 Å². The third-order valence-corrected chi connectivity index (χ3v) is 3.12. The summed E-state index contributed by atoms with van der Waals surface area (Å²) in [6.45, 7) is 1.61. The molecule has 94 valence electrons. The molecule has 0 saturated carbocycles. The summed E-state index contributed by atoms with van der Waals surface area (Å²) >= 11 is 3.36.